The van der Waals surface area contributed by atoms with E-state index in [4.69, 9.17) is 9.84 Å². The number of amides is 1. The van der Waals surface area contributed by atoms with Gasteiger partial charge in [-0.15, -0.1) is 0 Å². The zero-order valence-electron chi connectivity index (χ0n) is 10.6. The van der Waals surface area contributed by atoms with Crippen LogP contribution in [-0.4, -0.2) is 35.2 Å². The van der Waals surface area contributed by atoms with Crippen LogP contribution >= 0.6 is 0 Å². The lowest BCUT2D eigenvalue weighted by Crippen LogP contribution is -2.58. The van der Waals surface area contributed by atoms with Gasteiger partial charge in [-0.1, -0.05) is 13.8 Å². The molecule has 0 unspecified atom stereocenters. The average molecular weight is 231 g/mol. The Bertz CT molecular complexity index is 269. The van der Waals surface area contributed by atoms with Gasteiger partial charge in [0.25, 0.3) is 5.91 Å². The Kier molecular flexibility index (Phi) is 4.93. The van der Waals surface area contributed by atoms with Crippen LogP contribution in [0.15, 0.2) is 0 Å². The molecule has 0 radical (unpaired) electrons. The van der Waals surface area contributed by atoms with Crippen molar-refractivity contribution in [3.8, 4) is 0 Å². The molecule has 0 aromatic rings. The molecular formula is C11H21NO4. The summed E-state index contributed by atoms with van der Waals surface area (Å²) in [6.45, 7) is 6.66. The van der Waals surface area contributed by atoms with Crippen molar-refractivity contribution in [3.05, 3.63) is 0 Å². The van der Waals surface area contributed by atoms with Gasteiger partial charge in [-0.2, -0.15) is 0 Å². The van der Waals surface area contributed by atoms with E-state index in [1.165, 1.54) is 7.11 Å². The summed E-state index contributed by atoms with van der Waals surface area (Å²) in [5.41, 5.74) is -2.22. The van der Waals surface area contributed by atoms with Crippen LogP contribution in [0, 0.1) is 0 Å². The molecule has 0 saturated carbocycles. The molecular weight excluding hydrogens is 210 g/mol. The van der Waals surface area contributed by atoms with Crippen LogP contribution in [0.25, 0.3) is 0 Å². The molecule has 16 heavy (non-hydrogen) atoms. The molecule has 0 aliphatic heterocycles. The molecule has 94 valence electrons. The highest BCUT2D eigenvalue weighted by Gasteiger charge is 2.40. The molecule has 5 nitrogen and oxygen atoms in total. The number of rotatable bonds is 6. The standard InChI is InChI=1S/C11H21NO4/c1-6-11(7-2,9(14)15)12-8(13)10(3,4)16-5/h6-7H2,1-5H3,(H,12,13)(H,14,15). The summed E-state index contributed by atoms with van der Waals surface area (Å²) in [4.78, 5) is 23.0. The monoisotopic (exact) mass is 231 g/mol. The number of hydrogen-bond acceptors (Lipinski definition) is 3. The maximum absolute atomic E-state index is 11.8. The zero-order valence-corrected chi connectivity index (χ0v) is 10.6. The van der Waals surface area contributed by atoms with Gasteiger partial charge in [-0.05, 0) is 26.7 Å². The first-order valence-corrected chi connectivity index (χ1v) is 5.37. The number of nitrogens with one attached hydrogen (secondary N) is 1. The summed E-state index contributed by atoms with van der Waals surface area (Å²) in [5.74, 6) is -1.43. The molecule has 0 spiro atoms. The lowest BCUT2D eigenvalue weighted by molar-refractivity contribution is -0.153. The quantitative estimate of drug-likeness (QED) is 0.719. The van der Waals surface area contributed by atoms with E-state index in [1.54, 1.807) is 27.7 Å². The van der Waals surface area contributed by atoms with Crippen molar-refractivity contribution < 1.29 is 19.4 Å². The largest absolute Gasteiger partial charge is 0.480 e. The number of carbonyl (C=O) groups excluding carboxylic acids is 1. The molecule has 0 rings (SSSR count). The van der Waals surface area contributed by atoms with Crippen molar-refractivity contribution in [1.29, 1.82) is 0 Å². The van der Waals surface area contributed by atoms with Gasteiger partial charge in [0.2, 0.25) is 0 Å². The van der Waals surface area contributed by atoms with Gasteiger partial charge < -0.3 is 15.2 Å². The van der Waals surface area contributed by atoms with E-state index >= 15 is 0 Å². The second kappa shape index (κ2) is 5.30. The molecule has 0 fully saturated rings. The maximum Gasteiger partial charge on any atom is 0.329 e. The summed E-state index contributed by atoms with van der Waals surface area (Å²) in [6.07, 6.45) is 0.675. The predicted molar refractivity (Wildman–Crippen MR) is 60.2 cm³/mol. The molecule has 0 aliphatic carbocycles. The first-order valence-electron chi connectivity index (χ1n) is 5.37. The van der Waals surface area contributed by atoms with Crippen molar-refractivity contribution in [1.82, 2.24) is 5.32 Å². The molecule has 0 aliphatic rings. The van der Waals surface area contributed by atoms with Crippen molar-refractivity contribution in [2.24, 2.45) is 0 Å². The van der Waals surface area contributed by atoms with Gasteiger partial charge in [-0.3, -0.25) is 4.79 Å². The Morgan fingerprint density at radius 3 is 1.94 bits per heavy atom. The highest BCUT2D eigenvalue weighted by molar-refractivity contribution is 5.91. The van der Waals surface area contributed by atoms with Crippen molar-refractivity contribution >= 4 is 11.9 Å². The van der Waals surface area contributed by atoms with Gasteiger partial charge in [0, 0.05) is 7.11 Å². The van der Waals surface area contributed by atoms with Gasteiger partial charge in [-0.25, -0.2) is 4.79 Å². The summed E-state index contributed by atoms with van der Waals surface area (Å²) in [5, 5.41) is 11.7. The number of ether oxygens (including phenoxy) is 1. The van der Waals surface area contributed by atoms with Crippen LogP contribution < -0.4 is 5.32 Å². The lowest BCUT2D eigenvalue weighted by Gasteiger charge is -2.32. The molecule has 5 heteroatoms. The maximum atomic E-state index is 11.8. The van der Waals surface area contributed by atoms with E-state index in [0.717, 1.165) is 0 Å². The Hall–Kier alpha value is -1.10. The summed E-state index contributed by atoms with van der Waals surface area (Å²) >= 11 is 0. The topological polar surface area (TPSA) is 75.6 Å². The van der Waals surface area contributed by atoms with Crippen molar-refractivity contribution in [3.63, 3.8) is 0 Å². The molecule has 0 saturated heterocycles. The minimum atomic E-state index is -1.20. The smallest absolute Gasteiger partial charge is 0.329 e. The minimum Gasteiger partial charge on any atom is -0.480 e. The van der Waals surface area contributed by atoms with Crippen LogP contribution in [0.2, 0.25) is 0 Å². The fourth-order valence-electron chi connectivity index (χ4n) is 1.24. The van der Waals surface area contributed by atoms with Crippen molar-refractivity contribution in [2.45, 2.75) is 51.7 Å². The average Bonchev–Trinajstić information content (AvgIpc) is 2.25. The van der Waals surface area contributed by atoms with Crippen LogP contribution in [0.1, 0.15) is 40.5 Å². The van der Waals surface area contributed by atoms with E-state index in [1.807, 2.05) is 0 Å². The highest BCUT2D eigenvalue weighted by atomic mass is 16.5. The molecule has 1 amide bonds. The van der Waals surface area contributed by atoms with Crippen LogP contribution in [0.4, 0.5) is 0 Å². The van der Waals surface area contributed by atoms with E-state index in [9.17, 15) is 9.59 Å². The Balaban J connectivity index is 4.92. The SMILES string of the molecule is CCC(CC)(NC(=O)C(C)(C)OC)C(=O)O. The van der Waals surface area contributed by atoms with E-state index in [0.29, 0.717) is 12.8 Å². The summed E-state index contributed by atoms with van der Waals surface area (Å²) in [7, 11) is 1.42. The van der Waals surface area contributed by atoms with Crippen LogP contribution in [0.5, 0.6) is 0 Å². The third kappa shape index (κ3) is 2.95. The number of carboxylic acid groups (broad SMARTS) is 1. The molecule has 2 N–H and O–H groups in total. The van der Waals surface area contributed by atoms with E-state index in [-0.39, 0.29) is 0 Å². The Morgan fingerprint density at radius 2 is 1.69 bits per heavy atom. The Morgan fingerprint density at radius 1 is 1.25 bits per heavy atom. The third-order valence-electron chi connectivity index (χ3n) is 3.03. The molecule has 0 bridgehead atoms. The lowest BCUT2D eigenvalue weighted by atomic mass is 9.91. The van der Waals surface area contributed by atoms with Crippen LogP contribution in [0.3, 0.4) is 0 Å². The molecule has 0 atom stereocenters. The predicted octanol–water partition coefficient (Wildman–Crippen LogP) is 1.17. The molecule has 0 aromatic heterocycles. The minimum absolute atomic E-state index is 0.338. The molecule has 0 heterocycles. The zero-order chi connectivity index (χ0) is 13.0. The molecule has 0 aromatic carbocycles. The van der Waals surface area contributed by atoms with Crippen LogP contribution in [-0.2, 0) is 14.3 Å². The van der Waals surface area contributed by atoms with Gasteiger partial charge >= 0.3 is 5.97 Å². The third-order valence-corrected chi connectivity index (χ3v) is 3.03. The number of carbonyl (C=O) groups is 2. The normalized spacial score (nSPS) is 12.3. The van der Waals surface area contributed by atoms with Gasteiger partial charge in [0.15, 0.2) is 0 Å². The highest BCUT2D eigenvalue weighted by Crippen LogP contribution is 2.18. The second-order valence-electron chi connectivity index (χ2n) is 4.26. The fraction of sp³-hybridized carbons (Fsp3) is 0.818. The van der Waals surface area contributed by atoms with Gasteiger partial charge in [0.05, 0.1) is 0 Å². The van der Waals surface area contributed by atoms with E-state index < -0.39 is 23.0 Å². The first kappa shape index (κ1) is 14.9. The second-order valence-corrected chi connectivity index (χ2v) is 4.26. The van der Waals surface area contributed by atoms with E-state index in [2.05, 4.69) is 5.32 Å². The fourth-order valence-corrected chi connectivity index (χ4v) is 1.24. The Labute approximate surface area is 96.2 Å². The summed E-state index contributed by atoms with van der Waals surface area (Å²) < 4.78 is 5.01. The number of methoxy groups -OCH3 is 1. The number of hydrogen-bond donors (Lipinski definition) is 2. The first-order chi connectivity index (χ1) is 7.25. The van der Waals surface area contributed by atoms with Gasteiger partial charge in [0.1, 0.15) is 11.1 Å². The summed E-state index contributed by atoms with van der Waals surface area (Å²) in [6, 6.07) is 0. The number of carboxylic acids is 1. The van der Waals surface area contributed by atoms with Crippen molar-refractivity contribution in [2.75, 3.05) is 7.11 Å². The number of aliphatic carboxylic acids is 1.